The van der Waals surface area contributed by atoms with Gasteiger partial charge in [0.1, 0.15) is 0 Å². The quantitative estimate of drug-likeness (QED) is 0.525. The van der Waals surface area contributed by atoms with E-state index in [1.807, 2.05) is 0 Å². The summed E-state index contributed by atoms with van der Waals surface area (Å²) in [5.41, 5.74) is 4.86. The minimum atomic E-state index is 0.729. The predicted molar refractivity (Wildman–Crippen MR) is 123 cm³/mol. The second-order valence-corrected chi connectivity index (χ2v) is 10.0. The lowest BCUT2D eigenvalue weighted by Gasteiger charge is -2.38. The van der Waals surface area contributed by atoms with Gasteiger partial charge in [0.05, 0.1) is 11.4 Å². The van der Waals surface area contributed by atoms with E-state index in [1.165, 1.54) is 75.6 Å². The summed E-state index contributed by atoms with van der Waals surface area (Å²) < 4.78 is 6.51. The van der Waals surface area contributed by atoms with Gasteiger partial charge >= 0.3 is 0 Å². The summed E-state index contributed by atoms with van der Waals surface area (Å²) in [6.07, 6.45) is 13.6. The van der Waals surface area contributed by atoms with Crippen molar-refractivity contribution in [1.82, 2.24) is 0 Å². The summed E-state index contributed by atoms with van der Waals surface area (Å²) in [5.74, 6) is 1.95. The summed E-state index contributed by atoms with van der Waals surface area (Å²) >= 11 is 0. The Bertz CT molecular complexity index is 879. The number of nitrogens with one attached hydrogen (secondary N) is 1. The zero-order chi connectivity index (χ0) is 19.7. The number of hydrogen-bond donors (Lipinski definition) is 1. The average Bonchev–Trinajstić information content (AvgIpc) is 3.17. The molecule has 4 saturated heterocycles. The molecule has 4 fully saturated rings. The summed E-state index contributed by atoms with van der Waals surface area (Å²) in [7, 11) is 0. The van der Waals surface area contributed by atoms with Crippen LogP contribution in [-0.2, 0) is 0 Å². The van der Waals surface area contributed by atoms with E-state index in [2.05, 4.69) is 51.5 Å². The van der Waals surface area contributed by atoms with Gasteiger partial charge in [0.2, 0.25) is 0 Å². The normalized spacial score (nSPS) is 31.1. The Kier molecular flexibility index (Phi) is 3.79. The average molecular weight is 402 g/mol. The second-order valence-electron chi connectivity index (χ2n) is 10.0. The highest BCUT2D eigenvalue weighted by molar-refractivity contribution is 5.79. The fourth-order valence-corrected chi connectivity index (χ4v) is 7.06. The van der Waals surface area contributed by atoms with Gasteiger partial charge in [0.15, 0.2) is 11.5 Å². The van der Waals surface area contributed by atoms with E-state index < -0.39 is 0 Å². The fourth-order valence-electron chi connectivity index (χ4n) is 7.06. The molecule has 2 aromatic carbocycles. The van der Waals surface area contributed by atoms with Crippen LogP contribution in [0.25, 0.3) is 0 Å². The minimum absolute atomic E-state index is 0.729. The van der Waals surface area contributed by atoms with E-state index in [-0.39, 0.29) is 0 Å². The molecule has 0 saturated carbocycles. The third-order valence-corrected chi connectivity index (χ3v) is 8.41. The summed E-state index contributed by atoms with van der Waals surface area (Å²) in [6, 6.07) is 16.5. The van der Waals surface area contributed by atoms with Gasteiger partial charge in [0.25, 0.3) is 0 Å². The molecule has 4 bridgehead atoms. The van der Waals surface area contributed by atoms with E-state index in [9.17, 15) is 0 Å². The van der Waals surface area contributed by atoms with Crippen LogP contribution < -0.4 is 19.9 Å². The molecule has 7 rings (SSSR count). The number of anilines is 4. The van der Waals surface area contributed by atoms with Gasteiger partial charge in [-0.05, 0) is 88.5 Å². The molecule has 4 unspecified atom stereocenters. The SMILES string of the molecule is c1cc2c(cc1N1C3CCCC1CC3)Oc1cc(N3C4CCCC3CC4)ccc1N2. The number of piperidine rings is 2. The van der Waals surface area contributed by atoms with Crippen molar-refractivity contribution >= 4 is 22.7 Å². The Morgan fingerprint density at radius 3 is 1.47 bits per heavy atom. The molecule has 0 aliphatic carbocycles. The maximum atomic E-state index is 6.51. The summed E-state index contributed by atoms with van der Waals surface area (Å²) in [5, 5.41) is 3.61. The van der Waals surface area contributed by atoms with Gasteiger partial charge in [0, 0.05) is 47.7 Å². The third kappa shape index (κ3) is 2.58. The third-order valence-electron chi connectivity index (χ3n) is 8.41. The first-order valence-corrected chi connectivity index (χ1v) is 12.1. The molecule has 0 spiro atoms. The van der Waals surface area contributed by atoms with Gasteiger partial charge in [-0.15, -0.1) is 0 Å². The number of rotatable bonds is 2. The number of ether oxygens (including phenoxy) is 1. The zero-order valence-corrected chi connectivity index (χ0v) is 17.6. The van der Waals surface area contributed by atoms with Gasteiger partial charge in [-0.2, -0.15) is 0 Å². The Morgan fingerprint density at radius 1 is 0.600 bits per heavy atom. The van der Waals surface area contributed by atoms with Crippen molar-refractivity contribution in [3.8, 4) is 11.5 Å². The van der Waals surface area contributed by atoms with Crippen LogP contribution in [0.5, 0.6) is 11.5 Å². The number of nitrogens with zero attached hydrogens (tertiary/aromatic N) is 2. The molecule has 5 heterocycles. The highest BCUT2D eigenvalue weighted by Crippen LogP contribution is 2.48. The number of benzene rings is 2. The van der Waals surface area contributed by atoms with Crippen LogP contribution in [0.2, 0.25) is 0 Å². The maximum Gasteiger partial charge on any atom is 0.153 e. The molecule has 4 atom stereocenters. The van der Waals surface area contributed by atoms with E-state index in [0.717, 1.165) is 47.0 Å². The monoisotopic (exact) mass is 401 g/mol. The van der Waals surface area contributed by atoms with Crippen molar-refractivity contribution < 1.29 is 4.74 Å². The highest BCUT2D eigenvalue weighted by atomic mass is 16.5. The van der Waals surface area contributed by atoms with Gasteiger partial charge in [-0.1, -0.05) is 0 Å². The van der Waals surface area contributed by atoms with Crippen LogP contribution >= 0.6 is 0 Å². The predicted octanol–water partition coefficient (Wildman–Crippen LogP) is 6.58. The fraction of sp³-hybridized carbons (Fsp3) is 0.538. The van der Waals surface area contributed by atoms with Crippen molar-refractivity contribution in [2.75, 3.05) is 15.1 Å². The smallest absolute Gasteiger partial charge is 0.153 e. The lowest BCUT2D eigenvalue weighted by Crippen LogP contribution is -2.39. The van der Waals surface area contributed by atoms with Crippen molar-refractivity contribution in [3.05, 3.63) is 36.4 Å². The van der Waals surface area contributed by atoms with E-state index in [0.29, 0.717) is 0 Å². The molecule has 1 N–H and O–H groups in total. The molecule has 30 heavy (non-hydrogen) atoms. The van der Waals surface area contributed by atoms with Crippen LogP contribution in [0.3, 0.4) is 0 Å². The van der Waals surface area contributed by atoms with E-state index in [1.54, 1.807) is 0 Å². The van der Waals surface area contributed by atoms with Gasteiger partial charge in [-0.25, -0.2) is 0 Å². The molecule has 4 heteroatoms. The molecule has 156 valence electrons. The lowest BCUT2D eigenvalue weighted by molar-refractivity contribution is 0.460. The molecule has 4 nitrogen and oxygen atoms in total. The van der Waals surface area contributed by atoms with Crippen LogP contribution in [0.4, 0.5) is 22.7 Å². The topological polar surface area (TPSA) is 27.7 Å². The van der Waals surface area contributed by atoms with Crippen molar-refractivity contribution in [1.29, 1.82) is 0 Å². The van der Waals surface area contributed by atoms with E-state index in [4.69, 9.17) is 4.74 Å². The Hall–Kier alpha value is -2.36. The number of hydrogen-bond acceptors (Lipinski definition) is 4. The molecule has 0 aromatic heterocycles. The van der Waals surface area contributed by atoms with Crippen LogP contribution in [0, 0.1) is 0 Å². The maximum absolute atomic E-state index is 6.51. The van der Waals surface area contributed by atoms with Crippen LogP contribution in [0.15, 0.2) is 36.4 Å². The molecule has 2 aromatic rings. The molecular formula is C26H31N3O. The number of fused-ring (bicyclic) bond motifs is 6. The van der Waals surface area contributed by atoms with Crippen molar-refractivity contribution in [3.63, 3.8) is 0 Å². The standard InChI is InChI=1S/C26H31N3O/c1-3-17-7-8-18(4-1)28(17)21-11-13-23-25(15-21)30-26-16-22(12-14-24(26)27-23)29-19-5-2-6-20(29)10-9-19/h11-20,27H,1-10H2. The molecule has 5 aliphatic heterocycles. The Balaban J connectivity index is 1.20. The van der Waals surface area contributed by atoms with Gasteiger partial charge in [-0.3, -0.25) is 0 Å². The first-order valence-electron chi connectivity index (χ1n) is 12.1. The summed E-state index contributed by atoms with van der Waals surface area (Å²) in [6.45, 7) is 0. The van der Waals surface area contributed by atoms with Crippen molar-refractivity contribution in [2.24, 2.45) is 0 Å². The van der Waals surface area contributed by atoms with Crippen LogP contribution in [0.1, 0.15) is 64.2 Å². The largest absolute Gasteiger partial charge is 0.453 e. The van der Waals surface area contributed by atoms with Gasteiger partial charge < -0.3 is 19.9 Å². The van der Waals surface area contributed by atoms with Crippen molar-refractivity contribution in [2.45, 2.75) is 88.4 Å². The summed E-state index contributed by atoms with van der Waals surface area (Å²) in [4.78, 5) is 5.37. The Labute approximate surface area is 179 Å². The van der Waals surface area contributed by atoms with Crippen LogP contribution in [-0.4, -0.2) is 24.2 Å². The first-order chi connectivity index (χ1) is 14.8. The second kappa shape index (κ2) is 6.57. The Morgan fingerprint density at radius 2 is 1.03 bits per heavy atom. The molecule has 0 amide bonds. The highest BCUT2D eigenvalue weighted by Gasteiger charge is 2.38. The molecule has 5 aliphatic rings. The first kappa shape index (κ1) is 17.3. The molecule has 0 radical (unpaired) electrons. The molecular weight excluding hydrogens is 370 g/mol. The zero-order valence-electron chi connectivity index (χ0n) is 17.6. The minimum Gasteiger partial charge on any atom is -0.453 e. The lowest BCUT2D eigenvalue weighted by atomic mass is 10.0. The van der Waals surface area contributed by atoms with E-state index >= 15 is 0 Å².